The summed E-state index contributed by atoms with van der Waals surface area (Å²) in [5.41, 5.74) is 3.65. The van der Waals surface area contributed by atoms with Crippen LogP contribution in [-0.2, 0) is 9.59 Å². The largest absolute Gasteiger partial charge is 0.346 e. The molecule has 7 nitrogen and oxygen atoms in total. The first-order valence-corrected chi connectivity index (χ1v) is 12.5. The smallest absolute Gasteiger partial charge is 0.243 e. The van der Waals surface area contributed by atoms with Crippen molar-refractivity contribution >= 4 is 40.6 Å². The van der Waals surface area contributed by atoms with Gasteiger partial charge in [0.25, 0.3) is 0 Å². The van der Waals surface area contributed by atoms with Crippen molar-refractivity contribution in [3.05, 3.63) is 77.2 Å². The number of aryl methyl sites for hydroxylation is 2. The molecular formula is C25H25N5O2S2. The topological polar surface area (TPSA) is 88.9 Å². The van der Waals surface area contributed by atoms with Gasteiger partial charge < -0.3 is 10.6 Å². The lowest BCUT2D eigenvalue weighted by Crippen LogP contribution is -2.37. The molecule has 2 aromatic heterocycles. The first-order chi connectivity index (χ1) is 16.4. The molecule has 34 heavy (non-hydrogen) atoms. The second-order valence-corrected chi connectivity index (χ2v) is 10.0. The van der Waals surface area contributed by atoms with Gasteiger partial charge in [-0.15, -0.1) is 21.5 Å². The van der Waals surface area contributed by atoms with Gasteiger partial charge in [-0.25, -0.2) is 0 Å². The molecule has 0 spiro atoms. The Morgan fingerprint density at radius 1 is 1.00 bits per heavy atom. The number of hydrogen-bond acceptors (Lipinski definition) is 6. The van der Waals surface area contributed by atoms with Crippen LogP contribution in [-0.4, -0.2) is 38.4 Å². The van der Waals surface area contributed by atoms with Crippen molar-refractivity contribution in [1.29, 1.82) is 0 Å². The Balaban J connectivity index is 1.44. The maximum Gasteiger partial charge on any atom is 0.243 e. The van der Waals surface area contributed by atoms with E-state index in [4.69, 9.17) is 0 Å². The molecular weight excluding hydrogens is 466 g/mol. The van der Waals surface area contributed by atoms with Crippen molar-refractivity contribution in [2.24, 2.45) is 0 Å². The number of nitrogens with one attached hydrogen (secondary N) is 2. The molecule has 4 aromatic rings. The molecule has 174 valence electrons. The van der Waals surface area contributed by atoms with Crippen LogP contribution in [0, 0.1) is 13.8 Å². The van der Waals surface area contributed by atoms with E-state index in [1.807, 2.05) is 84.5 Å². The standard InChI is InChI=1S/C25H25N5O2S2/c1-16-9-7-10-17(2)22(16)27-21(31)15-26-24(32)18(3)34-25-29-28-23(20-13-8-14-33-20)30(25)19-11-5-4-6-12-19/h4-14,18H,15H2,1-3H3,(H,26,32)(H,27,31). The van der Waals surface area contributed by atoms with Crippen LogP contribution in [0.5, 0.6) is 0 Å². The molecule has 2 amide bonds. The third-order valence-electron chi connectivity index (χ3n) is 5.21. The summed E-state index contributed by atoms with van der Waals surface area (Å²) in [6, 6.07) is 19.6. The highest BCUT2D eigenvalue weighted by Gasteiger charge is 2.22. The van der Waals surface area contributed by atoms with Crippen LogP contribution in [0.15, 0.2) is 71.2 Å². The highest BCUT2D eigenvalue weighted by molar-refractivity contribution is 8.00. The number of amides is 2. The molecule has 0 saturated carbocycles. The lowest BCUT2D eigenvalue weighted by Gasteiger charge is -2.14. The summed E-state index contributed by atoms with van der Waals surface area (Å²) < 4.78 is 1.95. The van der Waals surface area contributed by atoms with Crippen LogP contribution >= 0.6 is 23.1 Å². The Labute approximate surface area is 206 Å². The first kappa shape index (κ1) is 23.7. The summed E-state index contributed by atoms with van der Waals surface area (Å²) >= 11 is 2.88. The molecule has 0 aliphatic carbocycles. The van der Waals surface area contributed by atoms with Crippen molar-refractivity contribution in [3.63, 3.8) is 0 Å². The predicted molar refractivity (Wildman–Crippen MR) is 138 cm³/mol. The lowest BCUT2D eigenvalue weighted by molar-refractivity contribution is -0.123. The summed E-state index contributed by atoms with van der Waals surface area (Å²) in [6.45, 7) is 5.56. The third-order valence-corrected chi connectivity index (χ3v) is 7.12. The molecule has 2 aromatic carbocycles. The van der Waals surface area contributed by atoms with E-state index in [9.17, 15) is 9.59 Å². The molecule has 1 unspecified atom stereocenters. The van der Waals surface area contributed by atoms with E-state index >= 15 is 0 Å². The van der Waals surface area contributed by atoms with Crippen LogP contribution in [0.1, 0.15) is 18.1 Å². The van der Waals surface area contributed by atoms with Crippen LogP contribution in [0.25, 0.3) is 16.4 Å². The van der Waals surface area contributed by atoms with Gasteiger partial charge in [0, 0.05) is 11.4 Å². The summed E-state index contributed by atoms with van der Waals surface area (Å²) in [6.07, 6.45) is 0. The number of nitrogens with zero attached hydrogens (tertiary/aromatic N) is 3. The van der Waals surface area contributed by atoms with Gasteiger partial charge in [0.15, 0.2) is 11.0 Å². The second-order valence-electron chi connectivity index (χ2n) is 7.75. The molecule has 0 fully saturated rings. The number of aromatic nitrogens is 3. The van der Waals surface area contributed by atoms with Crippen LogP contribution < -0.4 is 10.6 Å². The van der Waals surface area contributed by atoms with E-state index in [1.54, 1.807) is 18.3 Å². The van der Waals surface area contributed by atoms with Gasteiger partial charge in [-0.1, -0.05) is 54.2 Å². The molecule has 0 radical (unpaired) electrons. The Morgan fingerprint density at radius 3 is 2.41 bits per heavy atom. The zero-order valence-electron chi connectivity index (χ0n) is 19.1. The molecule has 0 aliphatic rings. The average molecular weight is 492 g/mol. The van der Waals surface area contributed by atoms with Gasteiger partial charge in [0.1, 0.15) is 0 Å². The summed E-state index contributed by atoms with van der Waals surface area (Å²) in [5, 5.41) is 16.5. The zero-order chi connectivity index (χ0) is 24.1. The quantitative estimate of drug-likeness (QED) is 0.344. The number of anilines is 1. The van der Waals surface area contributed by atoms with E-state index in [0.29, 0.717) is 5.16 Å². The van der Waals surface area contributed by atoms with E-state index in [-0.39, 0.29) is 18.4 Å². The SMILES string of the molecule is Cc1cccc(C)c1NC(=O)CNC(=O)C(C)Sc1nnc(-c2cccs2)n1-c1ccccc1. The Morgan fingerprint density at radius 2 is 1.74 bits per heavy atom. The van der Waals surface area contributed by atoms with Gasteiger partial charge in [-0.3, -0.25) is 14.2 Å². The number of carbonyl (C=O) groups excluding carboxylic acids is 2. The predicted octanol–water partition coefficient (Wildman–Crippen LogP) is 4.85. The fraction of sp³-hybridized carbons (Fsp3) is 0.200. The van der Waals surface area contributed by atoms with Crippen LogP contribution in [0.4, 0.5) is 5.69 Å². The van der Waals surface area contributed by atoms with Crippen LogP contribution in [0.2, 0.25) is 0 Å². The minimum Gasteiger partial charge on any atom is -0.346 e. The zero-order valence-corrected chi connectivity index (χ0v) is 20.7. The van der Waals surface area contributed by atoms with E-state index in [2.05, 4.69) is 20.8 Å². The third kappa shape index (κ3) is 5.37. The van der Waals surface area contributed by atoms with Gasteiger partial charge in [-0.05, 0) is 55.5 Å². The van der Waals surface area contributed by atoms with E-state index < -0.39 is 5.25 Å². The summed E-state index contributed by atoms with van der Waals surface area (Å²) in [7, 11) is 0. The highest BCUT2D eigenvalue weighted by atomic mass is 32.2. The Hall–Kier alpha value is -3.43. The molecule has 9 heteroatoms. The maximum absolute atomic E-state index is 12.8. The monoisotopic (exact) mass is 491 g/mol. The number of rotatable bonds is 8. The summed E-state index contributed by atoms with van der Waals surface area (Å²) in [4.78, 5) is 26.2. The van der Waals surface area contributed by atoms with Crippen LogP contribution in [0.3, 0.4) is 0 Å². The minimum atomic E-state index is -0.476. The summed E-state index contributed by atoms with van der Waals surface area (Å²) in [5.74, 6) is 0.210. The normalized spacial score (nSPS) is 11.7. The molecule has 0 bridgehead atoms. The molecule has 0 aliphatic heterocycles. The first-order valence-electron chi connectivity index (χ1n) is 10.8. The minimum absolute atomic E-state index is 0.108. The average Bonchev–Trinajstić information content (AvgIpc) is 3.50. The molecule has 4 rings (SSSR count). The Bertz CT molecular complexity index is 1270. The fourth-order valence-electron chi connectivity index (χ4n) is 3.44. The number of benzene rings is 2. The van der Waals surface area contributed by atoms with Crippen molar-refractivity contribution in [1.82, 2.24) is 20.1 Å². The molecule has 1 atom stereocenters. The van der Waals surface area contributed by atoms with Gasteiger partial charge in [0.05, 0.1) is 16.7 Å². The van der Waals surface area contributed by atoms with Gasteiger partial charge in [-0.2, -0.15) is 0 Å². The second kappa shape index (κ2) is 10.7. The number of thiophene rings is 1. The Kier molecular flexibility index (Phi) is 7.44. The van der Waals surface area contributed by atoms with E-state index in [0.717, 1.165) is 33.2 Å². The highest BCUT2D eigenvalue weighted by Crippen LogP contribution is 2.32. The van der Waals surface area contributed by atoms with E-state index in [1.165, 1.54) is 11.8 Å². The molecule has 0 saturated heterocycles. The number of thioether (sulfide) groups is 1. The van der Waals surface area contributed by atoms with Crippen molar-refractivity contribution in [2.75, 3.05) is 11.9 Å². The van der Waals surface area contributed by atoms with Crippen molar-refractivity contribution in [2.45, 2.75) is 31.2 Å². The number of carbonyl (C=O) groups is 2. The van der Waals surface area contributed by atoms with Crippen molar-refractivity contribution in [3.8, 4) is 16.4 Å². The number of hydrogen-bond donors (Lipinski definition) is 2. The van der Waals surface area contributed by atoms with Gasteiger partial charge >= 0.3 is 0 Å². The molecule has 2 heterocycles. The molecule has 2 N–H and O–H groups in total. The maximum atomic E-state index is 12.8. The number of para-hydroxylation sites is 2. The van der Waals surface area contributed by atoms with Gasteiger partial charge in [0.2, 0.25) is 11.8 Å². The fourth-order valence-corrected chi connectivity index (χ4v) is 5.03. The van der Waals surface area contributed by atoms with Crippen molar-refractivity contribution < 1.29 is 9.59 Å². The lowest BCUT2D eigenvalue weighted by atomic mass is 10.1.